The summed E-state index contributed by atoms with van der Waals surface area (Å²) >= 11 is 5.33. The van der Waals surface area contributed by atoms with Crippen molar-refractivity contribution in [2.45, 2.75) is 65.5 Å². The highest BCUT2D eigenvalue weighted by Crippen LogP contribution is 2.24. The summed E-state index contributed by atoms with van der Waals surface area (Å²) in [6.07, 6.45) is 3.74. The molecule has 0 unspecified atom stereocenters. The molecule has 0 aliphatic carbocycles. The van der Waals surface area contributed by atoms with Crippen LogP contribution in [0.4, 0.5) is 11.8 Å². The predicted molar refractivity (Wildman–Crippen MR) is 96.5 cm³/mol. The molecule has 122 valence electrons. The van der Waals surface area contributed by atoms with Gasteiger partial charge in [0, 0.05) is 29.9 Å². The van der Waals surface area contributed by atoms with Gasteiger partial charge in [0.05, 0.1) is 0 Å². The number of nitrogens with zero attached hydrogens (tertiary/aromatic N) is 3. The van der Waals surface area contributed by atoms with Gasteiger partial charge in [-0.15, -0.1) is 0 Å². The van der Waals surface area contributed by atoms with Crippen molar-refractivity contribution < 1.29 is 0 Å². The van der Waals surface area contributed by atoms with E-state index in [-0.39, 0.29) is 5.54 Å². The molecular formula is C16H27N5S. The summed E-state index contributed by atoms with van der Waals surface area (Å²) in [4.78, 5) is 11.5. The second-order valence-corrected chi connectivity index (χ2v) is 7.47. The predicted octanol–water partition coefficient (Wildman–Crippen LogP) is 3.25. The van der Waals surface area contributed by atoms with Gasteiger partial charge in [-0.25, -0.2) is 4.98 Å². The number of piperidine rings is 1. The number of aromatic nitrogens is 2. The lowest BCUT2D eigenvalue weighted by atomic mass is 10.0. The third-order valence-corrected chi connectivity index (χ3v) is 3.86. The van der Waals surface area contributed by atoms with E-state index < -0.39 is 0 Å². The maximum absolute atomic E-state index is 5.33. The van der Waals surface area contributed by atoms with Gasteiger partial charge >= 0.3 is 0 Å². The maximum atomic E-state index is 5.33. The Morgan fingerprint density at radius 3 is 2.68 bits per heavy atom. The lowest BCUT2D eigenvalue weighted by Gasteiger charge is -2.34. The Bertz CT molecular complexity index is 538. The van der Waals surface area contributed by atoms with Gasteiger partial charge in [-0.05, 0) is 66.1 Å². The van der Waals surface area contributed by atoms with Gasteiger partial charge in [0.25, 0.3) is 0 Å². The Morgan fingerprint density at radius 1 is 1.32 bits per heavy atom. The fourth-order valence-electron chi connectivity index (χ4n) is 2.67. The van der Waals surface area contributed by atoms with Crippen LogP contribution in [0.1, 0.15) is 52.7 Å². The highest BCUT2D eigenvalue weighted by atomic mass is 32.1. The van der Waals surface area contributed by atoms with E-state index in [0.717, 1.165) is 18.1 Å². The first kappa shape index (κ1) is 16.9. The summed E-state index contributed by atoms with van der Waals surface area (Å²) in [5.41, 5.74) is 0.863. The van der Waals surface area contributed by atoms with E-state index >= 15 is 0 Å². The first-order valence-electron chi connectivity index (χ1n) is 7.96. The Labute approximate surface area is 138 Å². The van der Waals surface area contributed by atoms with Crippen LogP contribution in [-0.2, 0) is 0 Å². The molecule has 0 saturated carbocycles. The number of hydrogen-bond donors (Lipinski definition) is 2. The van der Waals surface area contributed by atoms with E-state index in [0.29, 0.717) is 17.1 Å². The van der Waals surface area contributed by atoms with E-state index in [9.17, 15) is 0 Å². The molecule has 1 aliphatic rings. The summed E-state index contributed by atoms with van der Waals surface area (Å²) in [6.45, 7) is 11.5. The van der Waals surface area contributed by atoms with Gasteiger partial charge in [0.15, 0.2) is 5.11 Å². The van der Waals surface area contributed by atoms with Crippen molar-refractivity contribution in [3.8, 4) is 0 Å². The standard InChI is InChI=1S/C16H27N5S/c1-11-10-13(21-9-7-6-8-12(21)2)18-14(17-11)19-15(22)20-16(3,4)5/h10,12H,6-9H2,1-5H3,(H2,17,18,19,20,22)/t12-/m1/s1. The van der Waals surface area contributed by atoms with E-state index in [1.807, 2.05) is 13.0 Å². The average molecular weight is 321 g/mol. The first-order valence-corrected chi connectivity index (χ1v) is 8.37. The van der Waals surface area contributed by atoms with Crippen LogP contribution in [0.2, 0.25) is 0 Å². The third-order valence-electron chi connectivity index (χ3n) is 3.65. The van der Waals surface area contributed by atoms with E-state index in [4.69, 9.17) is 12.2 Å². The quantitative estimate of drug-likeness (QED) is 0.816. The molecule has 0 amide bonds. The van der Waals surface area contributed by atoms with Crippen LogP contribution < -0.4 is 15.5 Å². The van der Waals surface area contributed by atoms with Gasteiger partial charge in [-0.1, -0.05) is 0 Å². The van der Waals surface area contributed by atoms with Crippen molar-refractivity contribution in [2.75, 3.05) is 16.8 Å². The van der Waals surface area contributed by atoms with Crippen LogP contribution in [0.5, 0.6) is 0 Å². The molecule has 1 atom stereocenters. The highest BCUT2D eigenvalue weighted by molar-refractivity contribution is 7.80. The van der Waals surface area contributed by atoms with Gasteiger partial charge in [-0.2, -0.15) is 4.98 Å². The molecule has 1 aromatic rings. The molecule has 0 aromatic carbocycles. The van der Waals surface area contributed by atoms with Gasteiger partial charge in [-0.3, -0.25) is 0 Å². The second kappa shape index (κ2) is 6.77. The minimum Gasteiger partial charge on any atom is -0.358 e. The number of rotatable bonds is 2. The van der Waals surface area contributed by atoms with Crippen molar-refractivity contribution in [2.24, 2.45) is 0 Å². The molecule has 5 nitrogen and oxygen atoms in total. The lowest BCUT2D eigenvalue weighted by Crippen LogP contribution is -2.43. The van der Waals surface area contributed by atoms with Crippen molar-refractivity contribution in [1.29, 1.82) is 0 Å². The second-order valence-electron chi connectivity index (χ2n) is 7.06. The molecule has 0 radical (unpaired) electrons. The lowest BCUT2D eigenvalue weighted by molar-refractivity contribution is 0.481. The highest BCUT2D eigenvalue weighted by Gasteiger charge is 2.21. The van der Waals surface area contributed by atoms with Crippen LogP contribution in [0, 0.1) is 6.92 Å². The zero-order valence-corrected chi connectivity index (χ0v) is 15.0. The first-order chi connectivity index (χ1) is 10.2. The monoisotopic (exact) mass is 321 g/mol. The van der Waals surface area contributed by atoms with E-state index in [2.05, 4.69) is 53.2 Å². The molecule has 0 spiro atoms. The molecule has 1 aromatic heterocycles. The largest absolute Gasteiger partial charge is 0.358 e. The van der Waals surface area contributed by atoms with Gasteiger partial charge < -0.3 is 15.5 Å². The summed E-state index contributed by atoms with van der Waals surface area (Å²) < 4.78 is 0. The van der Waals surface area contributed by atoms with Gasteiger partial charge in [0.2, 0.25) is 5.95 Å². The Morgan fingerprint density at radius 2 is 2.05 bits per heavy atom. The molecular weight excluding hydrogens is 294 g/mol. The van der Waals surface area contributed by atoms with Gasteiger partial charge in [0.1, 0.15) is 5.82 Å². The van der Waals surface area contributed by atoms with Crippen LogP contribution in [0.3, 0.4) is 0 Å². The molecule has 1 fully saturated rings. The molecule has 2 heterocycles. The summed E-state index contributed by atoms with van der Waals surface area (Å²) in [6, 6.07) is 2.57. The Kier molecular flexibility index (Phi) is 5.21. The van der Waals surface area contributed by atoms with Crippen molar-refractivity contribution in [1.82, 2.24) is 15.3 Å². The fraction of sp³-hybridized carbons (Fsp3) is 0.688. The SMILES string of the molecule is Cc1cc(N2CCCC[C@H]2C)nc(NC(=S)NC(C)(C)C)n1. The van der Waals surface area contributed by atoms with Crippen LogP contribution in [0.15, 0.2) is 6.07 Å². The minimum atomic E-state index is -0.0852. The topological polar surface area (TPSA) is 53.1 Å². The molecule has 22 heavy (non-hydrogen) atoms. The molecule has 0 bridgehead atoms. The Hall–Kier alpha value is -1.43. The molecule has 2 rings (SSSR count). The van der Waals surface area contributed by atoms with Crippen molar-refractivity contribution >= 4 is 29.1 Å². The van der Waals surface area contributed by atoms with Crippen molar-refractivity contribution in [3.63, 3.8) is 0 Å². The summed E-state index contributed by atoms with van der Waals surface area (Å²) in [7, 11) is 0. The number of anilines is 2. The molecule has 1 saturated heterocycles. The van der Waals surface area contributed by atoms with E-state index in [1.54, 1.807) is 0 Å². The fourth-order valence-corrected chi connectivity index (χ4v) is 3.06. The minimum absolute atomic E-state index is 0.0852. The molecule has 1 aliphatic heterocycles. The average Bonchev–Trinajstić information content (AvgIpc) is 2.35. The zero-order chi connectivity index (χ0) is 16.3. The number of hydrogen-bond acceptors (Lipinski definition) is 4. The zero-order valence-electron chi connectivity index (χ0n) is 14.2. The smallest absolute Gasteiger partial charge is 0.231 e. The van der Waals surface area contributed by atoms with E-state index in [1.165, 1.54) is 19.3 Å². The van der Waals surface area contributed by atoms with Crippen LogP contribution in [0.25, 0.3) is 0 Å². The van der Waals surface area contributed by atoms with Crippen molar-refractivity contribution in [3.05, 3.63) is 11.8 Å². The molecule has 6 heteroatoms. The molecule has 2 N–H and O–H groups in total. The Balaban J connectivity index is 2.14. The summed E-state index contributed by atoms with van der Waals surface area (Å²) in [5, 5.41) is 6.88. The third kappa shape index (κ3) is 4.80. The normalized spacial score (nSPS) is 19.0. The number of aryl methyl sites for hydroxylation is 1. The maximum Gasteiger partial charge on any atom is 0.231 e. The summed E-state index contributed by atoms with van der Waals surface area (Å²) in [5.74, 6) is 1.55. The van der Waals surface area contributed by atoms with Crippen LogP contribution in [-0.4, -0.2) is 33.2 Å². The number of thiocarbonyl (C=S) groups is 1. The van der Waals surface area contributed by atoms with Crippen LogP contribution >= 0.6 is 12.2 Å². The number of nitrogens with one attached hydrogen (secondary N) is 2.